The van der Waals surface area contributed by atoms with E-state index in [0.717, 1.165) is 4.31 Å². The number of sulfonamides is 1. The van der Waals surface area contributed by atoms with Gasteiger partial charge in [-0.25, -0.2) is 12.7 Å². The third-order valence-corrected chi connectivity index (χ3v) is 5.56. The molecule has 0 spiro atoms. The number of hydrogen-bond acceptors (Lipinski definition) is 5. The summed E-state index contributed by atoms with van der Waals surface area (Å²) in [7, 11) is 0.944. The Hall–Kier alpha value is -3.02. The maximum Gasteiger partial charge on any atom is 0.252 e. The SMILES string of the molecule is COc1ccccc1OCC#CCNC(=O)c1ccc(S(=O)(=O)N(C)C)cc1. The standard InChI is InChI=1S/C20H22N2O5S/c1-22(2)28(24,25)17-12-10-16(11-13-17)20(23)21-14-6-7-15-27-19-9-5-4-8-18(19)26-3/h4-5,8-13H,14-15H2,1-3H3,(H,21,23). The topological polar surface area (TPSA) is 84.9 Å². The minimum absolute atomic E-state index is 0.127. The Morgan fingerprint density at radius 3 is 2.29 bits per heavy atom. The van der Waals surface area contributed by atoms with Crippen molar-refractivity contribution in [3.63, 3.8) is 0 Å². The third-order valence-electron chi connectivity index (χ3n) is 3.73. The minimum atomic E-state index is -3.52. The molecule has 0 aliphatic carbocycles. The van der Waals surface area contributed by atoms with Crippen LogP contribution in [0.15, 0.2) is 53.4 Å². The number of para-hydroxylation sites is 2. The number of nitrogens with one attached hydrogen (secondary N) is 1. The molecule has 7 nitrogen and oxygen atoms in total. The summed E-state index contributed by atoms with van der Waals surface area (Å²) in [5.74, 6) is 6.48. The lowest BCUT2D eigenvalue weighted by atomic mass is 10.2. The molecule has 0 aliphatic heterocycles. The van der Waals surface area contributed by atoms with Gasteiger partial charge in [-0.1, -0.05) is 24.0 Å². The fraction of sp³-hybridized carbons (Fsp3) is 0.250. The Kier molecular flexibility index (Phi) is 7.44. The van der Waals surface area contributed by atoms with E-state index < -0.39 is 10.0 Å². The monoisotopic (exact) mass is 402 g/mol. The molecule has 0 aromatic heterocycles. The van der Waals surface area contributed by atoms with Gasteiger partial charge in [0.2, 0.25) is 10.0 Å². The van der Waals surface area contributed by atoms with Crippen LogP contribution < -0.4 is 14.8 Å². The van der Waals surface area contributed by atoms with Crippen LogP contribution in [-0.2, 0) is 10.0 Å². The van der Waals surface area contributed by atoms with E-state index in [9.17, 15) is 13.2 Å². The van der Waals surface area contributed by atoms with Crippen LogP contribution in [0.25, 0.3) is 0 Å². The highest BCUT2D eigenvalue weighted by Crippen LogP contribution is 2.25. The molecule has 2 aromatic carbocycles. The number of ether oxygens (including phenoxy) is 2. The molecule has 2 aromatic rings. The van der Waals surface area contributed by atoms with Crippen LogP contribution in [0.1, 0.15) is 10.4 Å². The molecule has 0 saturated heterocycles. The maximum atomic E-state index is 12.1. The van der Waals surface area contributed by atoms with Gasteiger partial charge in [0.15, 0.2) is 11.5 Å². The highest BCUT2D eigenvalue weighted by Gasteiger charge is 2.17. The lowest BCUT2D eigenvalue weighted by Gasteiger charge is -2.11. The molecule has 0 bridgehead atoms. The smallest absolute Gasteiger partial charge is 0.252 e. The van der Waals surface area contributed by atoms with Crippen molar-refractivity contribution in [2.75, 3.05) is 34.4 Å². The Morgan fingerprint density at radius 1 is 1.04 bits per heavy atom. The molecule has 0 radical (unpaired) electrons. The maximum absolute atomic E-state index is 12.1. The zero-order valence-corrected chi connectivity index (χ0v) is 16.7. The van der Waals surface area contributed by atoms with Gasteiger partial charge in [0.1, 0.15) is 6.61 Å². The van der Waals surface area contributed by atoms with E-state index in [4.69, 9.17) is 9.47 Å². The van der Waals surface area contributed by atoms with E-state index in [1.54, 1.807) is 19.2 Å². The van der Waals surface area contributed by atoms with E-state index in [0.29, 0.717) is 17.1 Å². The number of hydrogen-bond donors (Lipinski definition) is 1. The molecule has 1 amide bonds. The van der Waals surface area contributed by atoms with E-state index in [1.165, 1.54) is 38.4 Å². The molecule has 2 rings (SSSR count). The molecular weight excluding hydrogens is 380 g/mol. The number of benzene rings is 2. The molecule has 148 valence electrons. The van der Waals surface area contributed by atoms with Crippen molar-refractivity contribution in [3.05, 3.63) is 54.1 Å². The first-order valence-electron chi connectivity index (χ1n) is 8.38. The molecule has 0 saturated carbocycles. The summed E-state index contributed by atoms with van der Waals surface area (Å²) in [5, 5.41) is 2.65. The Balaban J connectivity index is 1.84. The van der Waals surface area contributed by atoms with Crippen LogP contribution >= 0.6 is 0 Å². The quantitative estimate of drug-likeness (QED) is 0.714. The fourth-order valence-corrected chi connectivity index (χ4v) is 3.08. The number of methoxy groups -OCH3 is 1. The first-order valence-corrected chi connectivity index (χ1v) is 9.82. The number of rotatable bonds is 7. The second kappa shape index (κ2) is 9.78. The number of carbonyl (C=O) groups is 1. The first kappa shape index (κ1) is 21.3. The lowest BCUT2D eigenvalue weighted by Crippen LogP contribution is -2.24. The molecule has 28 heavy (non-hydrogen) atoms. The first-order chi connectivity index (χ1) is 13.4. The van der Waals surface area contributed by atoms with Gasteiger partial charge in [-0.3, -0.25) is 4.79 Å². The van der Waals surface area contributed by atoms with E-state index in [1.807, 2.05) is 12.1 Å². The molecule has 0 fully saturated rings. The van der Waals surface area contributed by atoms with Gasteiger partial charge in [-0.15, -0.1) is 0 Å². The minimum Gasteiger partial charge on any atom is -0.493 e. The number of carbonyl (C=O) groups excluding carboxylic acids is 1. The Labute approximate surface area is 165 Å². The molecule has 0 aliphatic rings. The van der Waals surface area contributed by atoms with Crippen LogP contribution in [0.2, 0.25) is 0 Å². The summed E-state index contributed by atoms with van der Waals surface area (Å²) in [6, 6.07) is 13.0. The second-order valence-corrected chi connectivity index (χ2v) is 7.94. The predicted molar refractivity (Wildman–Crippen MR) is 106 cm³/mol. The number of amides is 1. The van der Waals surface area contributed by atoms with Crippen LogP contribution in [0.4, 0.5) is 0 Å². The highest BCUT2D eigenvalue weighted by atomic mass is 32.2. The van der Waals surface area contributed by atoms with E-state index in [-0.39, 0.29) is 24.0 Å². The van der Waals surface area contributed by atoms with Crippen LogP contribution in [0.3, 0.4) is 0 Å². The average molecular weight is 402 g/mol. The summed E-state index contributed by atoms with van der Waals surface area (Å²) in [6.07, 6.45) is 0. The summed E-state index contributed by atoms with van der Waals surface area (Å²) in [4.78, 5) is 12.2. The fourth-order valence-electron chi connectivity index (χ4n) is 2.18. The van der Waals surface area contributed by atoms with E-state index in [2.05, 4.69) is 17.2 Å². The average Bonchev–Trinajstić information content (AvgIpc) is 2.70. The van der Waals surface area contributed by atoms with Crippen molar-refractivity contribution >= 4 is 15.9 Å². The largest absolute Gasteiger partial charge is 0.493 e. The van der Waals surface area contributed by atoms with Gasteiger partial charge < -0.3 is 14.8 Å². The summed E-state index contributed by atoms with van der Waals surface area (Å²) < 4.78 is 35.8. The van der Waals surface area contributed by atoms with Crippen molar-refractivity contribution in [3.8, 4) is 23.3 Å². The highest BCUT2D eigenvalue weighted by molar-refractivity contribution is 7.89. The summed E-state index contributed by atoms with van der Waals surface area (Å²) >= 11 is 0. The van der Waals surface area contributed by atoms with Gasteiger partial charge in [0.05, 0.1) is 18.6 Å². The molecule has 1 N–H and O–H groups in total. The molecular formula is C20H22N2O5S. The van der Waals surface area contributed by atoms with Gasteiger partial charge in [0.25, 0.3) is 5.91 Å². The van der Waals surface area contributed by atoms with Gasteiger partial charge >= 0.3 is 0 Å². The van der Waals surface area contributed by atoms with Gasteiger partial charge in [0, 0.05) is 19.7 Å². The molecule has 0 atom stereocenters. The normalized spacial score (nSPS) is 10.7. The van der Waals surface area contributed by atoms with Gasteiger partial charge in [-0.05, 0) is 36.4 Å². The van der Waals surface area contributed by atoms with Gasteiger partial charge in [-0.2, -0.15) is 0 Å². The predicted octanol–water partition coefficient (Wildman–Crippen LogP) is 1.76. The van der Waals surface area contributed by atoms with E-state index >= 15 is 0 Å². The molecule has 0 heterocycles. The van der Waals surface area contributed by atoms with Crippen molar-refractivity contribution in [2.45, 2.75) is 4.90 Å². The van der Waals surface area contributed by atoms with Crippen molar-refractivity contribution < 1.29 is 22.7 Å². The van der Waals surface area contributed by atoms with Crippen LogP contribution in [0.5, 0.6) is 11.5 Å². The third kappa shape index (κ3) is 5.49. The number of nitrogens with zero attached hydrogens (tertiary/aromatic N) is 1. The molecule has 8 heteroatoms. The zero-order valence-electron chi connectivity index (χ0n) is 15.9. The zero-order chi connectivity index (χ0) is 20.6. The van der Waals surface area contributed by atoms with Crippen molar-refractivity contribution in [1.29, 1.82) is 0 Å². The molecule has 0 unspecified atom stereocenters. The lowest BCUT2D eigenvalue weighted by molar-refractivity contribution is 0.0958. The summed E-state index contributed by atoms with van der Waals surface area (Å²) in [6.45, 7) is 0.305. The Morgan fingerprint density at radius 2 is 1.68 bits per heavy atom. The Bertz CT molecular complexity index is 974. The summed E-state index contributed by atoms with van der Waals surface area (Å²) in [5.41, 5.74) is 0.352. The van der Waals surface area contributed by atoms with Crippen LogP contribution in [0, 0.1) is 11.8 Å². The van der Waals surface area contributed by atoms with Crippen molar-refractivity contribution in [2.24, 2.45) is 0 Å². The van der Waals surface area contributed by atoms with Crippen molar-refractivity contribution in [1.82, 2.24) is 9.62 Å². The second-order valence-electron chi connectivity index (χ2n) is 5.79. The van der Waals surface area contributed by atoms with Crippen LogP contribution in [-0.4, -0.2) is 53.0 Å².